The fraction of sp³-hybridized carbons (Fsp3) is 0.316. The fourth-order valence-corrected chi connectivity index (χ4v) is 3.44. The first-order valence-corrected chi connectivity index (χ1v) is 8.21. The molecule has 0 saturated carbocycles. The second-order valence-electron chi connectivity index (χ2n) is 5.75. The molecule has 0 radical (unpaired) electrons. The van der Waals surface area contributed by atoms with Crippen LogP contribution in [-0.4, -0.2) is 17.4 Å². The minimum atomic E-state index is 0.136. The van der Waals surface area contributed by atoms with Crippen LogP contribution in [0.25, 0.3) is 0 Å². The van der Waals surface area contributed by atoms with Gasteiger partial charge in [-0.2, -0.15) is 0 Å². The summed E-state index contributed by atoms with van der Waals surface area (Å²) in [5.74, 6) is 0.228. The molecular formula is C19H20ClNO. The van der Waals surface area contributed by atoms with E-state index < -0.39 is 0 Å². The Hall–Kier alpha value is -1.80. The van der Waals surface area contributed by atoms with Crippen LogP contribution in [0, 0.1) is 0 Å². The zero-order valence-corrected chi connectivity index (χ0v) is 13.3. The molecule has 22 heavy (non-hydrogen) atoms. The van der Waals surface area contributed by atoms with Gasteiger partial charge < -0.3 is 4.90 Å². The van der Waals surface area contributed by atoms with E-state index in [-0.39, 0.29) is 11.9 Å². The van der Waals surface area contributed by atoms with E-state index in [2.05, 4.69) is 12.1 Å². The van der Waals surface area contributed by atoms with Crippen molar-refractivity contribution in [2.24, 2.45) is 0 Å². The van der Waals surface area contributed by atoms with E-state index in [1.807, 2.05) is 47.4 Å². The van der Waals surface area contributed by atoms with Gasteiger partial charge in [0.25, 0.3) is 0 Å². The number of carbonyl (C=O) groups is 1. The van der Waals surface area contributed by atoms with Crippen molar-refractivity contribution < 1.29 is 4.79 Å². The van der Waals surface area contributed by atoms with Crippen LogP contribution in [0.2, 0.25) is 5.02 Å². The Bertz CT molecular complexity index is 641. The van der Waals surface area contributed by atoms with Crippen molar-refractivity contribution in [2.45, 2.75) is 31.7 Å². The van der Waals surface area contributed by atoms with Gasteiger partial charge in [0.1, 0.15) is 0 Å². The molecule has 2 nitrogen and oxygen atoms in total. The lowest BCUT2D eigenvalue weighted by Crippen LogP contribution is -2.30. The standard InChI is InChI=1S/C19H20ClNO/c20-17-10-5-4-9-16(17)18-11-6-14-21(18)19(22)13-12-15-7-2-1-3-8-15/h1-5,7-10,18H,6,11-14H2. The summed E-state index contributed by atoms with van der Waals surface area (Å²) in [6, 6.07) is 18.2. The summed E-state index contributed by atoms with van der Waals surface area (Å²) in [5.41, 5.74) is 2.29. The van der Waals surface area contributed by atoms with Crippen LogP contribution in [-0.2, 0) is 11.2 Å². The maximum atomic E-state index is 12.6. The lowest BCUT2D eigenvalue weighted by Gasteiger charge is -2.26. The first-order valence-electron chi connectivity index (χ1n) is 7.83. The van der Waals surface area contributed by atoms with Crippen molar-refractivity contribution in [1.29, 1.82) is 0 Å². The van der Waals surface area contributed by atoms with Gasteiger partial charge in [0, 0.05) is 18.0 Å². The largest absolute Gasteiger partial charge is 0.336 e. The minimum Gasteiger partial charge on any atom is -0.336 e. The van der Waals surface area contributed by atoms with Gasteiger partial charge in [-0.05, 0) is 36.5 Å². The Kier molecular flexibility index (Phi) is 4.79. The third-order valence-electron chi connectivity index (χ3n) is 4.31. The van der Waals surface area contributed by atoms with Crippen LogP contribution in [0.4, 0.5) is 0 Å². The number of rotatable bonds is 4. The summed E-state index contributed by atoms with van der Waals surface area (Å²) in [6.07, 6.45) is 3.41. The normalized spacial score (nSPS) is 17.7. The molecule has 0 aliphatic carbocycles. The van der Waals surface area contributed by atoms with E-state index in [0.717, 1.165) is 36.4 Å². The second-order valence-corrected chi connectivity index (χ2v) is 6.16. The lowest BCUT2D eigenvalue weighted by atomic mass is 10.0. The van der Waals surface area contributed by atoms with Crippen molar-refractivity contribution in [2.75, 3.05) is 6.54 Å². The van der Waals surface area contributed by atoms with Crippen LogP contribution in [0.1, 0.15) is 36.4 Å². The fourth-order valence-electron chi connectivity index (χ4n) is 3.17. The van der Waals surface area contributed by atoms with E-state index in [4.69, 9.17) is 11.6 Å². The van der Waals surface area contributed by atoms with Gasteiger partial charge in [-0.1, -0.05) is 60.1 Å². The van der Waals surface area contributed by atoms with Gasteiger partial charge in [-0.25, -0.2) is 0 Å². The minimum absolute atomic E-state index is 0.136. The molecule has 1 saturated heterocycles. The number of nitrogens with zero attached hydrogens (tertiary/aromatic N) is 1. The Morgan fingerprint density at radius 3 is 2.59 bits per heavy atom. The number of hydrogen-bond acceptors (Lipinski definition) is 1. The molecule has 0 aromatic heterocycles. The molecule has 1 heterocycles. The van der Waals surface area contributed by atoms with Crippen molar-refractivity contribution in [1.82, 2.24) is 4.90 Å². The van der Waals surface area contributed by atoms with Crippen molar-refractivity contribution in [3.05, 3.63) is 70.7 Å². The van der Waals surface area contributed by atoms with E-state index in [1.54, 1.807) is 0 Å². The smallest absolute Gasteiger partial charge is 0.223 e. The van der Waals surface area contributed by atoms with Crippen LogP contribution in [0.15, 0.2) is 54.6 Å². The second kappa shape index (κ2) is 6.97. The highest BCUT2D eigenvalue weighted by Crippen LogP contribution is 2.36. The third kappa shape index (κ3) is 3.33. The molecule has 114 valence electrons. The Morgan fingerprint density at radius 1 is 1.09 bits per heavy atom. The first-order chi connectivity index (χ1) is 10.8. The molecule has 0 spiro atoms. The monoisotopic (exact) mass is 313 g/mol. The Morgan fingerprint density at radius 2 is 1.82 bits per heavy atom. The van der Waals surface area contributed by atoms with Gasteiger partial charge >= 0.3 is 0 Å². The first kappa shape index (κ1) is 15.1. The van der Waals surface area contributed by atoms with Gasteiger partial charge in [0.05, 0.1) is 6.04 Å². The number of hydrogen-bond donors (Lipinski definition) is 0. The van der Waals surface area contributed by atoms with Crippen LogP contribution in [0.3, 0.4) is 0 Å². The van der Waals surface area contributed by atoms with Crippen molar-refractivity contribution in [3.8, 4) is 0 Å². The molecule has 1 unspecified atom stereocenters. The van der Waals surface area contributed by atoms with Crippen LogP contribution < -0.4 is 0 Å². The van der Waals surface area contributed by atoms with Gasteiger partial charge in [0.2, 0.25) is 5.91 Å². The highest BCUT2D eigenvalue weighted by Gasteiger charge is 2.30. The van der Waals surface area contributed by atoms with E-state index in [9.17, 15) is 4.79 Å². The van der Waals surface area contributed by atoms with Crippen molar-refractivity contribution >= 4 is 17.5 Å². The summed E-state index contributed by atoms with van der Waals surface area (Å²) >= 11 is 6.31. The highest BCUT2D eigenvalue weighted by molar-refractivity contribution is 6.31. The van der Waals surface area contributed by atoms with E-state index in [1.165, 1.54) is 5.56 Å². The van der Waals surface area contributed by atoms with Crippen molar-refractivity contribution in [3.63, 3.8) is 0 Å². The molecular weight excluding hydrogens is 294 g/mol. The summed E-state index contributed by atoms with van der Waals surface area (Å²) in [5, 5.41) is 0.759. The molecule has 0 bridgehead atoms. The van der Waals surface area contributed by atoms with Gasteiger partial charge in [-0.3, -0.25) is 4.79 Å². The summed E-state index contributed by atoms with van der Waals surface area (Å²) < 4.78 is 0. The predicted molar refractivity (Wildman–Crippen MR) is 89.9 cm³/mol. The molecule has 1 amide bonds. The molecule has 2 aromatic carbocycles. The van der Waals surface area contributed by atoms with Gasteiger partial charge in [0.15, 0.2) is 0 Å². The average molecular weight is 314 g/mol. The third-order valence-corrected chi connectivity index (χ3v) is 4.65. The molecule has 1 fully saturated rings. The number of halogens is 1. The summed E-state index contributed by atoms with van der Waals surface area (Å²) in [6.45, 7) is 0.837. The number of carbonyl (C=O) groups excluding carboxylic acids is 1. The predicted octanol–water partition coefficient (Wildman–Crippen LogP) is 4.64. The Labute approximate surface area is 136 Å². The average Bonchev–Trinajstić information content (AvgIpc) is 3.03. The van der Waals surface area contributed by atoms with Gasteiger partial charge in [-0.15, -0.1) is 0 Å². The molecule has 3 heteroatoms. The zero-order valence-electron chi connectivity index (χ0n) is 12.5. The van der Waals surface area contributed by atoms with Crippen LogP contribution in [0.5, 0.6) is 0 Å². The number of likely N-dealkylation sites (tertiary alicyclic amines) is 1. The Balaban J connectivity index is 1.68. The molecule has 2 aromatic rings. The highest BCUT2D eigenvalue weighted by atomic mass is 35.5. The van der Waals surface area contributed by atoms with Crippen LogP contribution >= 0.6 is 11.6 Å². The molecule has 0 N–H and O–H groups in total. The molecule has 3 rings (SSSR count). The number of amides is 1. The molecule has 1 aliphatic rings. The number of aryl methyl sites for hydroxylation is 1. The maximum Gasteiger partial charge on any atom is 0.223 e. The lowest BCUT2D eigenvalue weighted by molar-refractivity contribution is -0.132. The maximum absolute atomic E-state index is 12.6. The SMILES string of the molecule is O=C(CCc1ccccc1)N1CCCC1c1ccccc1Cl. The topological polar surface area (TPSA) is 20.3 Å². The molecule has 1 atom stereocenters. The number of benzene rings is 2. The molecule has 1 aliphatic heterocycles. The zero-order chi connectivity index (χ0) is 15.4. The quantitative estimate of drug-likeness (QED) is 0.805. The van der Waals surface area contributed by atoms with E-state index in [0.29, 0.717) is 6.42 Å². The summed E-state index contributed by atoms with van der Waals surface area (Å²) in [4.78, 5) is 14.6. The van der Waals surface area contributed by atoms with E-state index >= 15 is 0 Å². The summed E-state index contributed by atoms with van der Waals surface area (Å²) in [7, 11) is 0.